The predicted octanol–water partition coefficient (Wildman–Crippen LogP) is 4.09. The van der Waals surface area contributed by atoms with E-state index in [9.17, 15) is 0 Å². The first kappa shape index (κ1) is 10.7. The Morgan fingerprint density at radius 2 is 2.23 bits per heavy atom. The molecule has 0 fully saturated rings. The molecule has 0 radical (unpaired) electrons. The second-order valence-corrected chi connectivity index (χ2v) is 4.30. The summed E-state index contributed by atoms with van der Waals surface area (Å²) in [5.41, 5.74) is 0. The average molecular weight is 198 g/mol. The molecule has 0 aliphatic rings. The molecule has 0 saturated heterocycles. The summed E-state index contributed by atoms with van der Waals surface area (Å²) in [6, 6.07) is 3.99. The van der Waals surface area contributed by atoms with E-state index < -0.39 is 0 Å². The van der Waals surface area contributed by atoms with Gasteiger partial charge in [-0.15, -0.1) is 0 Å². The molecular weight excluding hydrogens is 180 g/mol. The molecule has 0 atom stereocenters. The van der Waals surface area contributed by atoms with Gasteiger partial charge in [-0.2, -0.15) is 11.8 Å². The van der Waals surface area contributed by atoms with Crippen molar-refractivity contribution >= 4 is 11.8 Å². The Kier molecular flexibility index (Phi) is 5.83. The molecule has 0 unspecified atom stereocenters. The Morgan fingerprint density at radius 3 is 2.92 bits per heavy atom. The van der Waals surface area contributed by atoms with Crippen molar-refractivity contribution in [3.8, 4) is 0 Å². The van der Waals surface area contributed by atoms with Gasteiger partial charge < -0.3 is 4.42 Å². The number of furan rings is 1. The molecular formula is C11H18OS. The Labute approximate surface area is 84.9 Å². The van der Waals surface area contributed by atoms with Gasteiger partial charge in [0.25, 0.3) is 0 Å². The van der Waals surface area contributed by atoms with Crippen molar-refractivity contribution in [2.45, 2.75) is 38.4 Å². The molecule has 0 aromatic carbocycles. The van der Waals surface area contributed by atoms with Crippen LogP contribution in [0.5, 0.6) is 0 Å². The van der Waals surface area contributed by atoms with Crippen molar-refractivity contribution in [1.29, 1.82) is 0 Å². The van der Waals surface area contributed by atoms with E-state index in [0.29, 0.717) is 0 Å². The normalized spacial score (nSPS) is 10.5. The molecule has 0 bridgehead atoms. The van der Waals surface area contributed by atoms with Gasteiger partial charge in [0.1, 0.15) is 5.76 Å². The van der Waals surface area contributed by atoms with Gasteiger partial charge in [-0.3, -0.25) is 0 Å². The first-order valence-electron chi connectivity index (χ1n) is 5.03. The van der Waals surface area contributed by atoms with Gasteiger partial charge in [-0.05, 0) is 24.3 Å². The highest BCUT2D eigenvalue weighted by atomic mass is 32.2. The molecule has 1 nitrogen and oxygen atoms in total. The Hall–Kier alpha value is -0.370. The molecule has 1 aromatic rings. The smallest absolute Gasteiger partial charge is 0.113 e. The van der Waals surface area contributed by atoms with Crippen molar-refractivity contribution < 1.29 is 4.42 Å². The lowest BCUT2D eigenvalue weighted by atomic mass is 10.2. The third-order valence-corrected chi connectivity index (χ3v) is 3.03. The fraction of sp³-hybridized carbons (Fsp3) is 0.636. The van der Waals surface area contributed by atoms with Crippen LogP contribution in [-0.2, 0) is 5.75 Å². The summed E-state index contributed by atoms with van der Waals surface area (Å²) in [4.78, 5) is 0. The largest absolute Gasteiger partial charge is 0.468 e. The first-order valence-corrected chi connectivity index (χ1v) is 6.19. The van der Waals surface area contributed by atoms with E-state index in [1.54, 1.807) is 6.26 Å². The van der Waals surface area contributed by atoms with Crippen LogP contribution in [0, 0.1) is 0 Å². The van der Waals surface area contributed by atoms with Crippen LogP contribution in [0.2, 0.25) is 0 Å². The molecule has 1 rings (SSSR count). The molecule has 0 aliphatic heterocycles. The van der Waals surface area contributed by atoms with E-state index in [1.807, 2.05) is 23.9 Å². The fourth-order valence-electron chi connectivity index (χ4n) is 1.20. The van der Waals surface area contributed by atoms with Crippen LogP contribution in [0.15, 0.2) is 22.8 Å². The lowest BCUT2D eigenvalue weighted by Crippen LogP contribution is -1.82. The number of thioether (sulfide) groups is 1. The van der Waals surface area contributed by atoms with E-state index in [2.05, 4.69) is 6.92 Å². The average Bonchev–Trinajstić information content (AvgIpc) is 2.63. The zero-order valence-corrected chi connectivity index (χ0v) is 9.11. The highest BCUT2D eigenvalue weighted by Gasteiger charge is 1.95. The summed E-state index contributed by atoms with van der Waals surface area (Å²) in [6.45, 7) is 2.25. The van der Waals surface area contributed by atoms with Gasteiger partial charge in [0.05, 0.1) is 12.0 Å². The van der Waals surface area contributed by atoms with E-state index in [4.69, 9.17) is 4.42 Å². The highest BCUT2D eigenvalue weighted by molar-refractivity contribution is 7.98. The summed E-state index contributed by atoms with van der Waals surface area (Å²) in [5.74, 6) is 3.39. The van der Waals surface area contributed by atoms with E-state index in [0.717, 1.165) is 11.5 Å². The van der Waals surface area contributed by atoms with Crippen molar-refractivity contribution in [3.63, 3.8) is 0 Å². The minimum Gasteiger partial charge on any atom is -0.468 e. The van der Waals surface area contributed by atoms with Crippen LogP contribution in [0.3, 0.4) is 0 Å². The van der Waals surface area contributed by atoms with Gasteiger partial charge in [-0.25, -0.2) is 0 Å². The topological polar surface area (TPSA) is 13.1 Å². The van der Waals surface area contributed by atoms with Gasteiger partial charge in [-0.1, -0.05) is 26.2 Å². The van der Waals surface area contributed by atoms with Gasteiger partial charge in [0.15, 0.2) is 0 Å². The van der Waals surface area contributed by atoms with E-state index in [-0.39, 0.29) is 0 Å². The maximum atomic E-state index is 5.24. The molecule has 0 amide bonds. The number of rotatable bonds is 7. The number of hydrogen-bond acceptors (Lipinski definition) is 2. The molecule has 74 valence electrons. The van der Waals surface area contributed by atoms with Crippen LogP contribution in [-0.4, -0.2) is 5.75 Å². The zero-order chi connectivity index (χ0) is 9.36. The second-order valence-electron chi connectivity index (χ2n) is 3.19. The Balaban J connectivity index is 1.90. The first-order chi connectivity index (χ1) is 6.43. The standard InChI is InChI=1S/C11H18OS/c1-2-3-4-5-9-13-10-11-7-6-8-12-11/h6-8H,2-5,9-10H2,1H3. The quantitative estimate of drug-likeness (QED) is 0.612. The third kappa shape index (κ3) is 5.04. The zero-order valence-electron chi connectivity index (χ0n) is 8.29. The Morgan fingerprint density at radius 1 is 1.31 bits per heavy atom. The van der Waals surface area contributed by atoms with Crippen LogP contribution in [0.4, 0.5) is 0 Å². The van der Waals surface area contributed by atoms with Gasteiger partial charge in [0.2, 0.25) is 0 Å². The monoisotopic (exact) mass is 198 g/mol. The van der Waals surface area contributed by atoms with Crippen molar-refractivity contribution in [3.05, 3.63) is 24.2 Å². The van der Waals surface area contributed by atoms with Crippen molar-refractivity contribution in [1.82, 2.24) is 0 Å². The molecule has 0 saturated carbocycles. The molecule has 0 N–H and O–H groups in total. The predicted molar refractivity (Wildman–Crippen MR) is 59.0 cm³/mol. The lowest BCUT2D eigenvalue weighted by Gasteiger charge is -1.98. The maximum Gasteiger partial charge on any atom is 0.113 e. The van der Waals surface area contributed by atoms with Crippen LogP contribution >= 0.6 is 11.8 Å². The lowest BCUT2D eigenvalue weighted by molar-refractivity contribution is 0.530. The summed E-state index contributed by atoms with van der Waals surface area (Å²) in [7, 11) is 0. The molecule has 2 heteroatoms. The molecule has 0 spiro atoms. The van der Waals surface area contributed by atoms with Crippen molar-refractivity contribution in [2.24, 2.45) is 0 Å². The minimum atomic E-state index is 1.03. The minimum absolute atomic E-state index is 1.03. The van der Waals surface area contributed by atoms with Gasteiger partial charge in [0, 0.05) is 0 Å². The van der Waals surface area contributed by atoms with Crippen LogP contribution < -0.4 is 0 Å². The summed E-state index contributed by atoms with van der Waals surface area (Å²) in [6.07, 6.45) is 7.16. The molecule has 13 heavy (non-hydrogen) atoms. The number of hydrogen-bond donors (Lipinski definition) is 0. The second kappa shape index (κ2) is 7.07. The summed E-state index contributed by atoms with van der Waals surface area (Å²) < 4.78 is 5.24. The maximum absolute atomic E-state index is 5.24. The summed E-state index contributed by atoms with van der Waals surface area (Å²) in [5, 5.41) is 0. The fourth-order valence-corrected chi connectivity index (χ4v) is 2.12. The summed E-state index contributed by atoms with van der Waals surface area (Å²) >= 11 is 1.97. The molecule has 1 aromatic heterocycles. The van der Waals surface area contributed by atoms with Crippen molar-refractivity contribution in [2.75, 3.05) is 5.75 Å². The van der Waals surface area contributed by atoms with E-state index in [1.165, 1.54) is 31.4 Å². The van der Waals surface area contributed by atoms with Gasteiger partial charge >= 0.3 is 0 Å². The van der Waals surface area contributed by atoms with Crippen LogP contribution in [0.1, 0.15) is 38.4 Å². The highest BCUT2D eigenvalue weighted by Crippen LogP contribution is 2.14. The third-order valence-electron chi connectivity index (χ3n) is 1.97. The Bertz CT molecular complexity index is 194. The molecule has 1 heterocycles. The number of unbranched alkanes of at least 4 members (excludes halogenated alkanes) is 3. The van der Waals surface area contributed by atoms with E-state index >= 15 is 0 Å². The van der Waals surface area contributed by atoms with Crippen LogP contribution in [0.25, 0.3) is 0 Å². The molecule has 0 aliphatic carbocycles. The SMILES string of the molecule is CCCCCCSCc1ccco1.